The van der Waals surface area contributed by atoms with Crippen LogP contribution in [-0.2, 0) is 11.8 Å². The van der Waals surface area contributed by atoms with Gasteiger partial charge in [0.2, 0.25) is 5.78 Å². The van der Waals surface area contributed by atoms with Gasteiger partial charge in [0, 0.05) is 42.7 Å². The third-order valence-corrected chi connectivity index (χ3v) is 4.32. The molecule has 0 saturated heterocycles. The summed E-state index contributed by atoms with van der Waals surface area (Å²) in [5, 5.41) is 2.71. The molecule has 0 saturated carbocycles. The summed E-state index contributed by atoms with van der Waals surface area (Å²) in [5.41, 5.74) is 1.65. The summed E-state index contributed by atoms with van der Waals surface area (Å²) >= 11 is 0. The van der Waals surface area contributed by atoms with Crippen LogP contribution in [0.25, 0.3) is 0 Å². The quantitative estimate of drug-likeness (QED) is 0.595. The average Bonchev–Trinajstić information content (AvgIpc) is 3.18. The maximum Gasteiger partial charge on any atom is 0.262 e. The number of nitrogens with one attached hydrogen (secondary N) is 1. The average molecular weight is 391 g/mol. The van der Waals surface area contributed by atoms with E-state index in [4.69, 9.17) is 4.74 Å². The molecule has 0 aliphatic rings. The Kier molecular flexibility index (Phi) is 6.19. The SMILES string of the molecule is CCC(=O)c1ccc(OCC(=O)Nc2ccc(C(=O)c3nccn3C)cc2)cc1. The number of benzene rings is 2. The first-order chi connectivity index (χ1) is 14.0. The molecule has 3 aromatic rings. The summed E-state index contributed by atoms with van der Waals surface area (Å²) in [6.07, 6.45) is 3.71. The normalized spacial score (nSPS) is 10.4. The number of nitrogens with zero attached hydrogens (tertiary/aromatic N) is 2. The minimum Gasteiger partial charge on any atom is -0.484 e. The summed E-state index contributed by atoms with van der Waals surface area (Å²) in [6, 6.07) is 13.3. The van der Waals surface area contributed by atoms with Gasteiger partial charge in [-0.15, -0.1) is 0 Å². The number of carbonyl (C=O) groups is 3. The first-order valence-electron chi connectivity index (χ1n) is 9.16. The number of ether oxygens (including phenoxy) is 1. The minimum absolute atomic E-state index is 0.0548. The second-order valence-electron chi connectivity index (χ2n) is 6.41. The molecular weight excluding hydrogens is 370 g/mol. The molecule has 7 nitrogen and oxygen atoms in total. The molecule has 0 unspecified atom stereocenters. The highest BCUT2D eigenvalue weighted by Gasteiger charge is 2.13. The zero-order chi connectivity index (χ0) is 20.8. The van der Waals surface area contributed by atoms with Crippen LogP contribution in [0.15, 0.2) is 60.9 Å². The molecule has 0 fully saturated rings. The Bertz CT molecular complexity index is 1020. The van der Waals surface area contributed by atoms with Crippen molar-refractivity contribution in [1.82, 2.24) is 9.55 Å². The third-order valence-electron chi connectivity index (χ3n) is 4.32. The van der Waals surface area contributed by atoms with Gasteiger partial charge >= 0.3 is 0 Å². The molecule has 1 N–H and O–H groups in total. The number of amides is 1. The molecule has 7 heteroatoms. The molecule has 2 aromatic carbocycles. The topological polar surface area (TPSA) is 90.3 Å². The van der Waals surface area contributed by atoms with Crippen molar-refractivity contribution in [3.8, 4) is 5.75 Å². The maximum absolute atomic E-state index is 12.4. The lowest BCUT2D eigenvalue weighted by atomic mass is 10.1. The van der Waals surface area contributed by atoms with Gasteiger partial charge in [-0.1, -0.05) is 6.92 Å². The summed E-state index contributed by atoms with van der Waals surface area (Å²) in [6.45, 7) is 1.63. The molecule has 0 aliphatic heterocycles. The van der Waals surface area contributed by atoms with Gasteiger partial charge in [0.15, 0.2) is 18.2 Å². The molecule has 3 rings (SSSR count). The molecule has 148 valence electrons. The molecule has 0 radical (unpaired) electrons. The van der Waals surface area contributed by atoms with E-state index in [1.54, 1.807) is 79.5 Å². The zero-order valence-corrected chi connectivity index (χ0v) is 16.2. The van der Waals surface area contributed by atoms with Crippen molar-refractivity contribution in [3.05, 3.63) is 77.9 Å². The first-order valence-corrected chi connectivity index (χ1v) is 9.16. The summed E-state index contributed by atoms with van der Waals surface area (Å²) in [5.74, 6) is 0.385. The predicted molar refractivity (Wildman–Crippen MR) is 108 cm³/mol. The monoisotopic (exact) mass is 391 g/mol. The fourth-order valence-electron chi connectivity index (χ4n) is 2.71. The van der Waals surface area contributed by atoms with E-state index in [9.17, 15) is 14.4 Å². The predicted octanol–water partition coefficient (Wildman–Crippen LogP) is 3.26. The number of aromatic nitrogens is 2. The highest BCUT2D eigenvalue weighted by atomic mass is 16.5. The number of ketones is 2. The van der Waals surface area contributed by atoms with E-state index >= 15 is 0 Å². The number of carbonyl (C=O) groups excluding carboxylic acids is 3. The van der Waals surface area contributed by atoms with E-state index in [1.165, 1.54) is 0 Å². The van der Waals surface area contributed by atoms with Crippen molar-refractivity contribution in [2.45, 2.75) is 13.3 Å². The van der Waals surface area contributed by atoms with Gasteiger partial charge in [-0.2, -0.15) is 0 Å². The Morgan fingerprint density at radius 1 is 1.00 bits per heavy atom. The van der Waals surface area contributed by atoms with Crippen LogP contribution in [-0.4, -0.2) is 33.6 Å². The van der Waals surface area contributed by atoms with Gasteiger partial charge in [0.1, 0.15) is 5.75 Å². The maximum atomic E-state index is 12.4. The number of Topliss-reactive ketones (excluding diaryl/α,β-unsaturated/α-hetero) is 1. The first kappa shape index (κ1) is 20.0. The molecular formula is C22H21N3O4. The Balaban J connectivity index is 1.53. The Labute approximate surface area is 168 Å². The highest BCUT2D eigenvalue weighted by molar-refractivity contribution is 6.07. The van der Waals surface area contributed by atoms with Crippen molar-refractivity contribution < 1.29 is 19.1 Å². The molecule has 0 aliphatic carbocycles. The fourth-order valence-corrected chi connectivity index (χ4v) is 2.71. The second kappa shape index (κ2) is 8.97. The summed E-state index contributed by atoms with van der Waals surface area (Å²) < 4.78 is 7.10. The van der Waals surface area contributed by atoms with Crippen LogP contribution in [0.2, 0.25) is 0 Å². The minimum atomic E-state index is -0.332. The van der Waals surface area contributed by atoms with Gasteiger partial charge in [-0.25, -0.2) is 4.98 Å². The molecule has 0 atom stereocenters. The van der Waals surface area contributed by atoms with Crippen LogP contribution in [0.5, 0.6) is 5.75 Å². The smallest absolute Gasteiger partial charge is 0.262 e. The highest BCUT2D eigenvalue weighted by Crippen LogP contribution is 2.15. The van der Waals surface area contributed by atoms with E-state index in [2.05, 4.69) is 10.3 Å². The van der Waals surface area contributed by atoms with Crippen molar-refractivity contribution in [1.29, 1.82) is 0 Å². The van der Waals surface area contributed by atoms with Crippen molar-refractivity contribution in [2.75, 3.05) is 11.9 Å². The van der Waals surface area contributed by atoms with E-state index in [0.29, 0.717) is 34.8 Å². The van der Waals surface area contributed by atoms with E-state index in [1.807, 2.05) is 0 Å². The van der Waals surface area contributed by atoms with Crippen LogP contribution >= 0.6 is 0 Å². The Morgan fingerprint density at radius 2 is 1.66 bits per heavy atom. The van der Waals surface area contributed by atoms with Crippen molar-refractivity contribution >= 4 is 23.2 Å². The van der Waals surface area contributed by atoms with Crippen molar-refractivity contribution in [3.63, 3.8) is 0 Å². The lowest BCUT2D eigenvalue weighted by Gasteiger charge is -2.09. The van der Waals surface area contributed by atoms with Crippen LogP contribution in [0.3, 0.4) is 0 Å². The van der Waals surface area contributed by atoms with Crippen LogP contribution in [0.4, 0.5) is 5.69 Å². The lowest BCUT2D eigenvalue weighted by molar-refractivity contribution is -0.118. The van der Waals surface area contributed by atoms with Crippen LogP contribution < -0.4 is 10.1 Å². The van der Waals surface area contributed by atoms with E-state index in [0.717, 1.165) is 0 Å². The molecule has 0 bridgehead atoms. The van der Waals surface area contributed by atoms with Crippen LogP contribution in [0.1, 0.15) is 39.9 Å². The second-order valence-corrected chi connectivity index (χ2v) is 6.41. The van der Waals surface area contributed by atoms with Gasteiger partial charge in [-0.3, -0.25) is 14.4 Å². The molecule has 1 aromatic heterocycles. The van der Waals surface area contributed by atoms with Gasteiger partial charge < -0.3 is 14.6 Å². The molecule has 29 heavy (non-hydrogen) atoms. The van der Waals surface area contributed by atoms with E-state index in [-0.39, 0.29) is 24.1 Å². The number of hydrogen-bond donors (Lipinski definition) is 1. The zero-order valence-electron chi connectivity index (χ0n) is 16.2. The fraction of sp³-hybridized carbons (Fsp3) is 0.182. The van der Waals surface area contributed by atoms with Gasteiger partial charge in [0.05, 0.1) is 0 Å². The standard InChI is InChI=1S/C22H21N3O4/c1-3-19(26)15-6-10-18(11-7-15)29-14-20(27)24-17-8-4-16(5-9-17)21(28)22-23-12-13-25(22)2/h4-13H,3,14H2,1-2H3,(H,24,27). The number of anilines is 1. The van der Waals surface area contributed by atoms with E-state index < -0.39 is 0 Å². The van der Waals surface area contributed by atoms with Gasteiger partial charge in [-0.05, 0) is 48.5 Å². The van der Waals surface area contributed by atoms with Crippen LogP contribution in [0, 0.1) is 0 Å². The third kappa shape index (κ3) is 4.95. The number of aryl methyl sites for hydroxylation is 1. The number of hydrogen-bond acceptors (Lipinski definition) is 5. The summed E-state index contributed by atoms with van der Waals surface area (Å²) in [4.78, 5) is 40.1. The Hall–Kier alpha value is -3.74. The molecule has 1 amide bonds. The lowest BCUT2D eigenvalue weighted by Crippen LogP contribution is -2.20. The number of imidazole rings is 1. The Morgan fingerprint density at radius 3 is 2.24 bits per heavy atom. The largest absolute Gasteiger partial charge is 0.484 e. The van der Waals surface area contributed by atoms with Crippen molar-refractivity contribution in [2.24, 2.45) is 7.05 Å². The van der Waals surface area contributed by atoms with Gasteiger partial charge in [0.25, 0.3) is 5.91 Å². The number of rotatable bonds is 8. The summed E-state index contributed by atoms with van der Waals surface area (Å²) in [7, 11) is 1.75. The molecule has 0 spiro atoms. The molecule has 1 heterocycles.